The fourth-order valence-electron chi connectivity index (χ4n) is 2.25. The Morgan fingerprint density at radius 3 is 2.76 bits per heavy atom. The van der Waals surface area contributed by atoms with Crippen LogP contribution in [-0.2, 0) is 7.05 Å². The summed E-state index contributed by atoms with van der Waals surface area (Å²) in [5, 5.41) is 1.17. The molecule has 3 aromatic rings. The smallest absolute Gasteiger partial charge is 0.292 e. The Bertz CT molecular complexity index is 694. The molecular formula is C13H13N3O. The number of aromatic nitrogens is 2. The van der Waals surface area contributed by atoms with Crippen molar-refractivity contribution in [2.45, 2.75) is 6.92 Å². The molecule has 0 amide bonds. The van der Waals surface area contributed by atoms with Crippen molar-refractivity contribution in [3.05, 3.63) is 36.2 Å². The first kappa shape index (κ1) is 9.96. The summed E-state index contributed by atoms with van der Waals surface area (Å²) in [5.41, 5.74) is 9.74. The Morgan fingerprint density at radius 1 is 1.29 bits per heavy atom. The fourth-order valence-corrected chi connectivity index (χ4v) is 2.25. The summed E-state index contributed by atoms with van der Waals surface area (Å²) in [6.07, 6.45) is 1.60. The highest BCUT2D eigenvalue weighted by Crippen LogP contribution is 2.33. The molecular weight excluding hydrogens is 214 g/mol. The zero-order chi connectivity index (χ0) is 12.0. The molecule has 0 aliphatic rings. The van der Waals surface area contributed by atoms with Gasteiger partial charge in [-0.15, -0.1) is 0 Å². The highest BCUT2D eigenvalue weighted by atomic mass is 16.4. The monoisotopic (exact) mass is 227 g/mol. The molecule has 2 N–H and O–H groups in total. The number of anilines is 1. The van der Waals surface area contributed by atoms with Gasteiger partial charge >= 0.3 is 0 Å². The van der Waals surface area contributed by atoms with Crippen LogP contribution in [0.15, 0.2) is 34.9 Å². The predicted octanol–water partition coefficient (Wildman–Crippen LogP) is 2.72. The molecule has 0 saturated heterocycles. The van der Waals surface area contributed by atoms with Gasteiger partial charge in [0, 0.05) is 29.2 Å². The lowest BCUT2D eigenvalue weighted by Gasteiger charge is -1.98. The largest absolute Gasteiger partial charge is 0.432 e. The van der Waals surface area contributed by atoms with E-state index < -0.39 is 0 Å². The number of oxazole rings is 1. The molecule has 3 rings (SSSR count). The van der Waals surface area contributed by atoms with Gasteiger partial charge in [-0.3, -0.25) is 0 Å². The van der Waals surface area contributed by atoms with Crippen LogP contribution in [0.25, 0.3) is 22.2 Å². The lowest BCUT2D eigenvalue weighted by molar-refractivity contribution is 0.581. The summed E-state index contributed by atoms with van der Waals surface area (Å²) in [6, 6.07) is 8.43. The summed E-state index contributed by atoms with van der Waals surface area (Å²) in [7, 11) is 2.05. The number of para-hydroxylation sites is 1. The van der Waals surface area contributed by atoms with E-state index in [4.69, 9.17) is 10.2 Å². The minimum atomic E-state index is 0.201. The molecule has 0 bridgehead atoms. The maximum Gasteiger partial charge on any atom is 0.292 e. The van der Waals surface area contributed by atoms with Gasteiger partial charge in [0.25, 0.3) is 6.01 Å². The average molecular weight is 227 g/mol. The summed E-state index contributed by atoms with van der Waals surface area (Å²) >= 11 is 0. The van der Waals surface area contributed by atoms with Crippen molar-refractivity contribution in [3.63, 3.8) is 0 Å². The number of benzene rings is 1. The van der Waals surface area contributed by atoms with Crippen LogP contribution in [0.1, 0.15) is 5.69 Å². The van der Waals surface area contributed by atoms with Crippen LogP contribution < -0.4 is 5.73 Å². The third-order valence-electron chi connectivity index (χ3n) is 3.18. The molecule has 0 unspecified atom stereocenters. The Hall–Kier alpha value is -2.23. The lowest BCUT2D eigenvalue weighted by atomic mass is 10.1. The molecule has 0 aliphatic carbocycles. The average Bonchev–Trinajstić information content (AvgIpc) is 2.84. The first-order valence-corrected chi connectivity index (χ1v) is 5.44. The van der Waals surface area contributed by atoms with Gasteiger partial charge in [-0.05, 0) is 13.0 Å². The van der Waals surface area contributed by atoms with Gasteiger partial charge in [0.15, 0.2) is 0 Å². The van der Waals surface area contributed by atoms with Crippen molar-refractivity contribution in [3.8, 4) is 11.3 Å². The number of hydrogen-bond acceptors (Lipinski definition) is 3. The number of hydrogen-bond donors (Lipinski definition) is 1. The van der Waals surface area contributed by atoms with E-state index in [1.807, 2.05) is 19.2 Å². The van der Waals surface area contributed by atoms with Gasteiger partial charge in [0.1, 0.15) is 12.0 Å². The van der Waals surface area contributed by atoms with Crippen LogP contribution >= 0.6 is 0 Å². The van der Waals surface area contributed by atoms with Crippen molar-refractivity contribution in [1.82, 2.24) is 9.55 Å². The molecule has 2 aromatic heterocycles. The lowest BCUT2D eigenvalue weighted by Crippen LogP contribution is -1.90. The zero-order valence-corrected chi connectivity index (χ0v) is 9.77. The molecule has 0 atom stereocenters. The minimum Gasteiger partial charge on any atom is -0.432 e. The van der Waals surface area contributed by atoms with E-state index in [9.17, 15) is 0 Å². The number of fused-ring (bicyclic) bond motifs is 1. The minimum absolute atomic E-state index is 0.201. The van der Waals surface area contributed by atoms with E-state index >= 15 is 0 Å². The molecule has 2 heterocycles. The van der Waals surface area contributed by atoms with Gasteiger partial charge in [0.2, 0.25) is 0 Å². The van der Waals surface area contributed by atoms with Crippen molar-refractivity contribution in [1.29, 1.82) is 0 Å². The second kappa shape index (κ2) is 3.38. The predicted molar refractivity (Wildman–Crippen MR) is 67.6 cm³/mol. The van der Waals surface area contributed by atoms with Crippen molar-refractivity contribution < 1.29 is 4.42 Å². The summed E-state index contributed by atoms with van der Waals surface area (Å²) in [4.78, 5) is 4.20. The summed E-state index contributed by atoms with van der Waals surface area (Å²) in [5.74, 6) is 0. The quantitative estimate of drug-likeness (QED) is 0.695. The van der Waals surface area contributed by atoms with Crippen molar-refractivity contribution in [2.24, 2.45) is 7.05 Å². The van der Waals surface area contributed by atoms with Gasteiger partial charge in [-0.2, -0.15) is 4.98 Å². The van der Waals surface area contributed by atoms with Gasteiger partial charge < -0.3 is 14.7 Å². The van der Waals surface area contributed by atoms with Crippen LogP contribution in [0.2, 0.25) is 0 Å². The Labute approximate surface area is 98.7 Å². The molecule has 0 spiro atoms. The molecule has 1 aromatic carbocycles. The van der Waals surface area contributed by atoms with Crippen molar-refractivity contribution in [2.75, 3.05) is 5.73 Å². The molecule has 86 valence electrons. The van der Waals surface area contributed by atoms with Gasteiger partial charge in [-0.1, -0.05) is 18.2 Å². The third kappa shape index (κ3) is 1.34. The third-order valence-corrected chi connectivity index (χ3v) is 3.18. The van der Waals surface area contributed by atoms with Crippen LogP contribution in [0.3, 0.4) is 0 Å². The fraction of sp³-hybridized carbons (Fsp3) is 0.154. The van der Waals surface area contributed by atoms with E-state index in [0.29, 0.717) is 0 Å². The van der Waals surface area contributed by atoms with E-state index in [1.165, 1.54) is 10.9 Å². The van der Waals surface area contributed by atoms with E-state index in [2.05, 4.69) is 28.6 Å². The molecule has 0 aliphatic heterocycles. The maximum absolute atomic E-state index is 5.53. The topological polar surface area (TPSA) is 57.0 Å². The SMILES string of the molecule is Cc1c(-c2coc(N)n2)c2ccccc2n1C. The van der Waals surface area contributed by atoms with Crippen LogP contribution in [-0.4, -0.2) is 9.55 Å². The second-order valence-electron chi connectivity index (χ2n) is 4.11. The Morgan fingerprint density at radius 2 is 2.06 bits per heavy atom. The van der Waals surface area contributed by atoms with Crippen LogP contribution in [0.4, 0.5) is 6.01 Å². The number of nitrogens with zero attached hydrogens (tertiary/aromatic N) is 2. The van der Waals surface area contributed by atoms with Gasteiger partial charge in [0.05, 0.1) is 0 Å². The van der Waals surface area contributed by atoms with Crippen LogP contribution in [0.5, 0.6) is 0 Å². The van der Waals surface area contributed by atoms with Gasteiger partial charge in [-0.25, -0.2) is 0 Å². The van der Waals surface area contributed by atoms with Crippen molar-refractivity contribution >= 4 is 16.9 Å². The molecule has 0 fully saturated rings. The standard InChI is InChI=1S/C13H13N3O/c1-8-12(10-7-17-13(14)15-10)9-5-3-4-6-11(9)16(8)2/h3-7H,1-2H3,(H2,14,15). The first-order chi connectivity index (χ1) is 8.18. The Balaban J connectivity index is 2.40. The first-order valence-electron chi connectivity index (χ1n) is 5.44. The van der Waals surface area contributed by atoms with E-state index in [-0.39, 0.29) is 6.01 Å². The number of nitrogen functional groups attached to an aromatic ring is 1. The molecule has 0 saturated carbocycles. The highest BCUT2D eigenvalue weighted by molar-refractivity contribution is 5.97. The van der Waals surface area contributed by atoms with E-state index in [1.54, 1.807) is 6.26 Å². The number of aryl methyl sites for hydroxylation is 1. The normalized spacial score (nSPS) is 11.2. The van der Waals surface area contributed by atoms with Crippen LogP contribution in [0, 0.1) is 6.92 Å². The Kier molecular flexibility index (Phi) is 1.98. The number of nitrogens with two attached hydrogens (primary N) is 1. The highest BCUT2D eigenvalue weighted by Gasteiger charge is 2.15. The molecule has 4 nitrogen and oxygen atoms in total. The second-order valence-corrected chi connectivity index (χ2v) is 4.11. The maximum atomic E-state index is 5.53. The molecule has 4 heteroatoms. The zero-order valence-electron chi connectivity index (χ0n) is 9.77. The van der Waals surface area contributed by atoms with E-state index in [0.717, 1.165) is 17.0 Å². The molecule has 0 radical (unpaired) electrons. The molecule has 17 heavy (non-hydrogen) atoms. The summed E-state index contributed by atoms with van der Waals surface area (Å²) < 4.78 is 7.24. The number of rotatable bonds is 1. The summed E-state index contributed by atoms with van der Waals surface area (Å²) in [6.45, 7) is 2.07.